The molecule has 0 unspecified atom stereocenters. The van der Waals surface area contributed by atoms with E-state index in [1.807, 2.05) is 30.3 Å². The van der Waals surface area contributed by atoms with Crippen LogP contribution < -0.4 is 10.5 Å². The zero-order valence-electron chi connectivity index (χ0n) is 12.1. The van der Waals surface area contributed by atoms with E-state index in [-0.39, 0.29) is 11.5 Å². The molecule has 0 N–H and O–H groups in total. The first-order valence-electron chi connectivity index (χ1n) is 7.23. The molecule has 1 aliphatic heterocycles. The van der Waals surface area contributed by atoms with Gasteiger partial charge in [0.1, 0.15) is 0 Å². The number of amides is 1. The van der Waals surface area contributed by atoms with Crippen molar-refractivity contribution in [2.45, 2.75) is 6.54 Å². The maximum Gasteiger partial charge on any atom is 0.262 e. The van der Waals surface area contributed by atoms with Crippen LogP contribution in [-0.4, -0.2) is 22.0 Å². The second kappa shape index (κ2) is 5.31. The van der Waals surface area contributed by atoms with E-state index in [9.17, 15) is 9.59 Å². The van der Waals surface area contributed by atoms with Crippen molar-refractivity contribution in [2.75, 3.05) is 11.4 Å². The van der Waals surface area contributed by atoms with Crippen molar-refractivity contribution in [1.82, 2.24) is 9.55 Å². The fourth-order valence-corrected chi connectivity index (χ4v) is 3.29. The lowest BCUT2D eigenvalue weighted by atomic mass is 10.2. The van der Waals surface area contributed by atoms with Gasteiger partial charge in [-0.25, -0.2) is 4.98 Å². The summed E-state index contributed by atoms with van der Waals surface area (Å²) in [6.07, 6.45) is 0. The molecule has 6 heteroatoms. The Morgan fingerprint density at radius 3 is 2.61 bits per heavy atom. The molecule has 2 heterocycles. The largest absolute Gasteiger partial charge is 0.276 e. The van der Waals surface area contributed by atoms with Gasteiger partial charge in [-0.3, -0.25) is 19.1 Å². The summed E-state index contributed by atoms with van der Waals surface area (Å²) in [5, 5.41) is 0.575. The molecule has 0 saturated heterocycles. The summed E-state index contributed by atoms with van der Waals surface area (Å²) in [7, 11) is 0. The number of fused-ring (bicyclic) bond motifs is 2. The maximum absolute atomic E-state index is 12.8. The molecular formula is C17H12BrN3O2. The molecule has 1 aromatic heterocycles. The van der Waals surface area contributed by atoms with Crippen LogP contribution in [0.15, 0.2) is 57.8 Å². The molecule has 0 aliphatic carbocycles. The Balaban J connectivity index is 1.86. The van der Waals surface area contributed by atoms with E-state index in [4.69, 9.17) is 0 Å². The number of halogens is 1. The topological polar surface area (TPSA) is 55.2 Å². The molecule has 1 amide bonds. The van der Waals surface area contributed by atoms with Gasteiger partial charge in [0.15, 0.2) is 0 Å². The van der Waals surface area contributed by atoms with E-state index >= 15 is 0 Å². The van der Waals surface area contributed by atoms with E-state index in [0.29, 0.717) is 35.5 Å². The van der Waals surface area contributed by atoms with Crippen LogP contribution in [0.5, 0.6) is 0 Å². The Morgan fingerprint density at radius 1 is 1.04 bits per heavy atom. The summed E-state index contributed by atoms with van der Waals surface area (Å²) < 4.78 is 2.29. The highest BCUT2D eigenvalue weighted by Gasteiger charge is 2.29. The van der Waals surface area contributed by atoms with Crippen molar-refractivity contribution in [2.24, 2.45) is 0 Å². The van der Waals surface area contributed by atoms with E-state index < -0.39 is 0 Å². The van der Waals surface area contributed by atoms with Crippen LogP contribution in [0, 0.1) is 0 Å². The van der Waals surface area contributed by atoms with Gasteiger partial charge in [0.05, 0.1) is 16.5 Å². The number of rotatable bonds is 1. The predicted octanol–water partition coefficient (Wildman–Crippen LogP) is 2.82. The second-order valence-corrected chi connectivity index (χ2v) is 6.18. The monoisotopic (exact) mass is 369 g/mol. The first-order valence-corrected chi connectivity index (χ1v) is 8.02. The summed E-state index contributed by atoms with van der Waals surface area (Å²) in [4.78, 5) is 31.5. The molecule has 0 atom stereocenters. The van der Waals surface area contributed by atoms with Crippen LogP contribution in [0.2, 0.25) is 0 Å². The summed E-state index contributed by atoms with van der Waals surface area (Å²) in [6.45, 7) is 0.904. The van der Waals surface area contributed by atoms with Crippen molar-refractivity contribution < 1.29 is 4.79 Å². The summed E-state index contributed by atoms with van der Waals surface area (Å²) in [6, 6.07) is 14.5. The average Bonchev–Trinajstić information content (AvgIpc) is 2.99. The summed E-state index contributed by atoms with van der Waals surface area (Å²) >= 11 is 3.40. The summed E-state index contributed by atoms with van der Waals surface area (Å²) in [5.41, 5.74) is 1.06. The third-order valence-electron chi connectivity index (χ3n) is 3.98. The number of hydrogen-bond donors (Lipinski definition) is 0. The highest BCUT2D eigenvalue weighted by Crippen LogP contribution is 2.24. The highest BCUT2D eigenvalue weighted by molar-refractivity contribution is 9.10. The quantitative estimate of drug-likeness (QED) is 0.662. The first-order chi connectivity index (χ1) is 11.2. The first kappa shape index (κ1) is 14.1. The Kier molecular flexibility index (Phi) is 3.27. The molecule has 23 heavy (non-hydrogen) atoms. The number of aromatic nitrogens is 2. The van der Waals surface area contributed by atoms with Crippen LogP contribution in [0.3, 0.4) is 0 Å². The molecular weight excluding hydrogens is 358 g/mol. The van der Waals surface area contributed by atoms with E-state index in [2.05, 4.69) is 20.9 Å². The minimum atomic E-state index is -0.161. The van der Waals surface area contributed by atoms with Crippen molar-refractivity contribution in [3.63, 3.8) is 0 Å². The van der Waals surface area contributed by atoms with Crippen LogP contribution in [-0.2, 0) is 6.54 Å². The van der Waals surface area contributed by atoms with Gasteiger partial charge in [0.25, 0.3) is 11.5 Å². The zero-order valence-corrected chi connectivity index (χ0v) is 13.7. The molecule has 0 bridgehead atoms. The second-order valence-electron chi connectivity index (χ2n) is 5.32. The van der Waals surface area contributed by atoms with Gasteiger partial charge in [0.2, 0.25) is 5.95 Å². The zero-order chi connectivity index (χ0) is 16.0. The van der Waals surface area contributed by atoms with Gasteiger partial charge < -0.3 is 0 Å². The Hall–Kier alpha value is -2.47. The van der Waals surface area contributed by atoms with Crippen LogP contribution in [0.4, 0.5) is 5.95 Å². The minimum Gasteiger partial charge on any atom is -0.276 e. The predicted molar refractivity (Wildman–Crippen MR) is 91.8 cm³/mol. The molecule has 3 aromatic rings. The maximum atomic E-state index is 12.8. The van der Waals surface area contributed by atoms with Gasteiger partial charge >= 0.3 is 0 Å². The molecule has 5 nitrogen and oxygen atoms in total. The molecule has 2 aromatic carbocycles. The molecule has 0 spiro atoms. The Labute approximate surface area is 140 Å². The third kappa shape index (κ3) is 2.17. The van der Waals surface area contributed by atoms with Gasteiger partial charge in [-0.15, -0.1) is 0 Å². The van der Waals surface area contributed by atoms with Gasteiger partial charge in [-0.1, -0.05) is 24.3 Å². The van der Waals surface area contributed by atoms with Crippen LogP contribution in [0.1, 0.15) is 10.4 Å². The number of carbonyl (C=O) groups is 1. The number of para-hydroxylation sites is 1. The van der Waals surface area contributed by atoms with E-state index in [1.54, 1.807) is 27.7 Å². The van der Waals surface area contributed by atoms with Crippen molar-refractivity contribution in [3.8, 4) is 0 Å². The molecule has 1 aliphatic rings. The normalized spacial score (nSPS) is 13.3. The van der Waals surface area contributed by atoms with Crippen molar-refractivity contribution in [3.05, 3.63) is 68.9 Å². The van der Waals surface area contributed by atoms with Crippen molar-refractivity contribution >= 4 is 38.7 Å². The SMILES string of the molecule is O=C(c1ccccc1Br)N1CCn2c1nc1ccccc1c2=O. The summed E-state index contributed by atoms with van der Waals surface area (Å²) in [5.74, 6) is 0.250. The number of nitrogens with zero attached hydrogens (tertiary/aromatic N) is 3. The Bertz CT molecular complexity index is 997. The van der Waals surface area contributed by atoms with E-state index in [1.165, 1.54) is 0 Å². The lowest BCUT2D eigenvalue weighted by Gasteiger charge is -2.16. The smallest absolute Gasteiger partial charge is 0.262 e. The number of anilines is 1. The van der Waals surface area contributed by atoms with Gasteiger partial charge in [-0.2, -0.15) is 0 Å². The molecule has 0 radical (unpaired) electrons. The molecule has 114 valence electrons. The number of carbonyl (C=O) groups excluding carboxylic acids is 1. The number of benzene rings is 2. The lowest BCUT2D eigenvalue weighted by molar-refractivity contribution is 0.0988. The van der Waals surface area contributed by atoms with Gasteiger partial charge in [-0.05, 0) is 40.2 Å². The Morgan fingerprint density at radius 2 is 1.78 bits per heavy atom. The van der Waals surface area contributed by atoms with Crippen LogP contribution in [0.25, 0.3) is 10.9 Å². The fourth-order valence-electron chi connectivity index (χ4n) is 2.84. The molecule has 4 rings (SSSR count). The highest BCUT2D eigenvalue weighted by atomic mass is 79.9. The van der Waals surface area contributed by atoms with Gasteiger partial charge in [0, 0.05) is 17.6 Å². The number of hydrogen-bond acceptors (Lipinski definition) is 3. The molecule has 0 saturated carbocycles. The molecule has 0 fully saturated rings. The lowest BCUT2D eigenvalue weighted by Crippen LogP contribution is -2.30. The standard InChI is InChI=1S/C17H12BrN3O2/c18-13-7-3-1-5-11(13)15(22)20-9-10-21-16(23)12-6-2-4-8-14(12)19-17(20)21/h1-8H,9-10H2. The third-order valence-corrected chi connectivity index (χ3v) is 4.67. The average molecular weight is 370 g/mol. The fraction of sp³-hybridized carbons (Fsp3) is 0.118. The van der Waals surface area contributed by atoms with E-state index in [0.717, 1.165) is 4.47 Å². The van der Waals surface area contributed by atoms with Crippen LogP contribution >= 0.6 is 15.9 Å². The van der Waals surface area contributed by atoms with Crippen molar-refractivity contribution in [1.29, 1.82) is 0 Å². The minimum absolute atomic E-state index is 0.104.